The van der Waals surface area contributed by atoms with Crippen LogP contribution in [0.4, 0.5) is 0 Å². The van der Waals surface area contributed by atoms with E-state index in [1.807, 2.05) is 0 Å². The third-order valence-corrected chi connectivity index (χ3v) is 1.98. The van der Waals surface area contributed by atoms with Gasteiger partial charge < -0.3 is 9.90 Å². The monoisotopic (exact) mass is 157 g/mol. The molecule has 4 heteroatoms. The Morgan fingerprint density at radius 1 is 1.90 bits per heavy atom. The van der Waals surface area contributed by atoms with Gasteiger partial charge in [0.05, 0.1) is 16.5 Å². The Hall–Kier alpha value is -0.740. The lowest BCUT2D eigenvalue weighted by Crippen LogP contribution is -1.93. The van der Waals surface area contributed by atoms with Crippen LogP contribution in [-0.2, 0) is 4.79 Å². The van der Waals surface area contributed by atoms with Crippen LogP contribution in [0.1, 0.15) is 17.4 Å². The summed E-state index contributed by atoms with van der Waals surface area (Å²) in [6.07, 6.45) is 1.76. The average molecular weight is 157 g/mol. The molecule has 0 radical (unpaired) electrons. The number of thiazole rings is 1. The molecule has 0 amide bonds. The highest BCUT2D eigenvalue weighted by Gasteiger charge is 2.06. The van der Waals surface area contributed by atoms with Gasteiger partial charge in [0.25, 0.3) is 0 Å². The Balaban J connectivity index is 2.58. The summed E-state index contributed by atoms with van der Waals surface area (Å²) in [6.45, 7) is 0. The first kappa shape index (κ1) is 7.37. The number of aromatic nitrogens is 1. The van der Waals surface area contributed by atoms with Crippen molar-refractivity contribution in [2.45, 2.75) is 12.5 Å². The minimum atomic E-state index is -0.662. The largest absolute Gasteiger partial charge is 0.387 e. The highest BCUT2D eigenvalue weighted by atomic mass is 32.1. The zero-order valence-corrected chi connectivity index (χ0v) is 6.04. The standard InChI is InChI=1S/C6H7NO2S/c8-2-1-5(9)6-3-7-4-10-6/h2-5,9H,1H2. The number of carbonyl (C=O) groups excluding carboxylic acids is 1. The Kier molecular flexibility index (Phi) is 2.53. The average Bonchev–Trinajstić information content (AvgIpc) is 2.38. The second kappa shape index (κ2) is 3.43. The molecule has 1 N–H and O–H groups in total. The van der Waals surface area contributed by atoms with Crippen molar-refractivity contribution in [2.75, 3.05) is 0 Å². The molecule has 0 aliphatic heterocycles. The smallest absolute Gasteiger partial charge is 0.122 e. The molecule has 0 aromatic carbocycles. The zero-order chi connectivity index (χ0) is 7.40. The lowest BCUT2D eigenvalue weighted by atomic mass is 10.2. The fraction of sp³-hybridized carbons (Fsp3) is 0.333. The Labute approximate surface area is 62.3 Å². The predicted octanol–water partition coefficient (Wildman–Crippen LogP) is 0.766. The highest BCUT2D eigenvalue weighted by Crippen LogP contribution is 2.18. The summed E-state index contributed by atoms with van der Waals surface area (Å²) < 4.78 is 0. The van der Waals surface area contributed by atoms with Crippen LogP contribution >= 0.6 is 11.3 Å². The number of carbonyl (C=O) groups is 1. The summed E-state index contributed by atoms with van der Waals surface area (Å²) in [5.74, 6) is 0. The molecule has 3 nitrogen and oxygen atoms in total. The molecule has 54 valence electrons. The summed E-state index contributed by atoms with van der Waals surface area (Å²) in [4.78, 5) is 14.4. The molecule has 0 fully saturated rings. The van der Waals surface area contributed by atoms with Gasteiger partial charge in [0.2, 0.25) is 0 Å². The molecule has 1 aromatic rings. The summed E-state index contributed by atoms with van der Waals surface area (Å²) in [5.41, 5.74) is 1.63. The summed E-state index contributed by atoms with van der Waals surface area (Å²) in [6, 6.07) is 0. The van der Waals surface area contributed by atoms with E-state index < -0.39 is 6.10 Å². The number of hydrogen-bond acceptors (Lipinski definition) is 4. The molecule has 0 saturated carbocycles. The molecule has 10 heavy (non-hydrogen) atoms. The quantitative estimate of drug-likeness (QED) is 0.659. The molecule has 1 aromatic heterocycles. The molecule has 0 aliphatic carbocycles. The summed E-state index contributed by atoms with van der Waals surface area (Å²) in [5, 5.41) is 9.15. The maximum atomic E-state index is 9.93. The molecule has 1 atom stereocenters. The Bertz CT molecular complexity index is 198. The molecule has 1 rings (SSSR count). The van der Waals surface area contributed by atoms with Crippen molar-refractivity contribution in [3.63, 3.8) is 0 Å². The van der Waals surface area contributed by atoms with E-state index >= 15 is 0 Å². The second-order valence-corrected chi connectivity index (χ2v) is 2.74. The van der Waals surface area contributed by atoms with Crippen LogP contribution < -0.4 is 0 Å². The Morgan fingerprint density at radius 3 is 3.20 bits per heavy atom. The van der Waals surface area contributed by atoms with E-state index in [1.54, 1.807) is 11.7 Å². The van der Waals surface area contributed by atoms with Crippen molar-refractivity contribution in [1.29, 1.82) is 0 Å². The predicted molar refractivity (Wildman–Crippen MR) is 37.8 cm³/mol. The van der Waals surface area contributed by atoms with E-state index in [1.165, 1.54) is 11.3 Å². The normalized spacial score (nSPS) is 12.9. The third-order valence-electron chi connectivity index (χ3n) is 1.10. The van der Waals surface area contributed by atoms with Crippen molar-refractivity contribution in [3.8, 4) is 0 Å². The van der Waals surface area contributed by atoms with Crippen LogP contribution in [0.2, 0.25) is 0 Å². The van der Waals surface area contributed by atoms with Gasteiger partial charge in [0.1, 0.15) is 6.29 Å². The number of nitrogens with zero attached hydrogens (tertiary/aromatic N) is 1. The Morgan fingerprint density at radius 2 is 2.70 bits per heavy atom. The van der Waals surface area contributed by atoms with Crippen molar-refractivity contribution < 1.29 is 9.90 Å². The van der Waals surface area contributed by atoms with E-state index in [4.69, 9.17) is 5.11 Å². The molecular formula is C6H7NO2S. The van der Waals surface area contributed by atoms with Gasteiger partial charge in [0, 0.05) is 12.6 Å². The van der Waals surface area contributed by atoms with Crippen LogP contribution in [0.25, 0.3) is 0 Å². The van der Waals surface area contributed by atoms with Crippen molar-refractivity contribution in [2.24, 2.45) is 0 Å². The minimum absolute atomic E-state index is 0.155. The maximum Gasteiger partial charge on any atom is 0.122 e. The van der Waals surface area contributed by atoms with Crippen LogP contribution in [0.5, 0.6) is 0 Å². The fourth-order valence-corrected chi connectivity index (χ4v) is 1.22. The third kappa shape index (κ3) is 1.62. The molecule has 0 saturated heterocycles. The van der Waals surface area contributed by atoms with Gasteiger partial charge in [-0.15, -0.1) is 11.3 Å². The maximum absolute atomic E-state index is 9.93. The highest BCUT2D eigenvalue weighted by molar-refractivity contribution is 7.09. The van der Waals surface area contributed by atoms with Crippen LogP contribution in [0.3, 0.4) is 0 Å². The molecule has 0 bridgehead atoms. The second-order valence-electron chi connectivity index (χ2n) is 1.82. The SMILES string of the molecule is O=CCC(O)c1cncs1. The number of aliphatic hydroxyl groups excluding tert-OH is 1. The molecule has 1 unspecified atom stereocenters. The van der Waals surface area contributed by atoms with E-state index in [9.17, 15) is 4.79 Å². The summed E-state index contributed by atoms with van der Waals surface area (Å²) >= 11 is 1.35. The van der Waals surface area contributed by atoms with Crippen LogP contribution in [0, 0.1) is 0 Å². The first-order valence-corrected chi connectivity index (χ1v) is 3.72. The van der Waals surface area contributed by atoms with Gasteiger partial charge in [-0.1, -0.05) is 0 Å². The van der Waals surface area contributed by atoms with E-state index in [2.05, 4.69) is 4.98 Å². The molecule has 0 aliphatic rings. The first-order chi connectivity index (χ1) is 4.84. The van der Waals surface area contributed by atoms with Gasteiger partial charge in [-0.05, 0) is 0 Å². The number of aldehydes is 1. The van der Waals surface area contributed by atoms with E-state index in [0.717, 1.165) is 4.88 Å². The lowest BCUT2D eigenvalue weighted by molar-refractivity contribution is -0.109. The van der Waals surface area contributed by atoms with E-state index in [-0.39, 0.29) is 6.42 Å². The molecule has 1 heterocycles. The van der Waals surface area contributed by atoms with Crippen molar-refractivity contribution in [1.82, 2.24) is 4.98 Å². The lowest BCUT2D eigenvalue weighted by Gasteiger charge is -1.99. The van der Waals surface area contributed by atoms with Gasteiger partial charge in [-0.2, -0.15) is 0 Å². The topological polar surface area (TPSA) is 50.2 Å². The first-order valence-electron chi connectivity index (χ1n) is 2.84. The van der Waals surface area contributed by atoms with E-state index in [0.29, 0.717) is 6.29 Å². The van der Waals surface area contributed by atoms with Gasteiger partial charge in [-0.3, -0.25) is 4.98 Å². The summed E-state index contributed by atoms with van der Waals surface area (Å²) in [7, 11) is 0. The number of aliphatic hydroxyl groups is 1. The van der Waals surface area contributed by atoms with Gasteiger partial charge >= 0.3 is 0 Å². The number of rotatable bonds is 3. The molecular weight excluding hydrogens is 150 g/mol. The number of hydrogen-bond donors (Lipinski definition) is 1. The van der Waals surface area contributed by atoms with Crippen molar-refractivity contribution >= 4 is 17.6 Å². The van der Waals surface area contributed by atoms with Gasteiger partial charge in [-0.25, -0.2) is 0 Å². The zero-order valence-electron chi connectivity index (χ0n) is 5.23. The van der Waals surface area contributed by atoms with Crippen LogP contribution in [-0.4, -0.2) is 16.4 Å². The fourth-order valence-electron chi connectivity index (χ4n) is 0.597. The van der Waals surface area contributed by atoms with Crippen molar-refractivity contribution in [3.05, 3.63) is 16.6 Å². The minimum Gasteiger partial charge on any atom is -0.387 e. The molecule has 0 spiro atoms. The van der Waals surface area contributed by atoms with Crippen LogP contribution in [0.15, 0.2) is 11.7 Å². The van der Waals surface area contributed by atoms with Gasteiger partial charge in [0.15, 0.2) is 0 Å².